The van der Waals surface area contributed by atoms with Gasteiger partial charge in [-0.2, -0.15) is 0 Å². The van der Waals surface area contributed by atoms with Gasteiger partial charge < -0.3 is 15.0 Å². The van der Waals surface area contributed by atoms with Crippen LogP contribution >= 0.6 is 0 Å². The topological polar surface area (TPSA) is 24.5 Å². The first-order valence-corrected chi connectivity index (χ1v) is 6.96. The van der Waals surface area contributed by atoms with Crippen molar-refractivity contribution in [3.8, 4) is 5.75 Å². The zero-order valence-corrected chi connectivity index (χ0v) is 11.5. The fourth-order valence-electron chi connectivity index (χ4n) is 2.63. The minimum absolute atomic E-state index is 0.730. The van der Waals surface area contributed by atoms with Gasteiger partial charge in [0.05, 0.1) is 12.3 Å². The highest BCUT2D eigenvalue weighted by Gasteiger charge is 2.23. The first-order valence-electron chi connectivity index (χ1n) is 6.96. The molecule has 18 heavy (non-hydrogen) atoms. The van der Waals surface area contributed by atoms with Crippen LogP contribution in [0, 0.1) is 5.92 Å². The summed E-state index contributed by atoms with van der Waals surface area (Å²) in [5.41, 5.74) is 1.26. The highest BCUT2D eigenvalue weighted by Crippen LogP contribution is 2.32. The lowest BCUT2D eigenvalue weighted by Crippen LogP contribution is -2.21. The Morgan fingerprint density at radius 1 is 1.39 bits per heavy atom. The summed E-state index contributed by atoms with van der Waals surface area (Å²) in [7, 11) is 2.02. The van der Waals surface area contributed by atoms with Crippen LogP contribution in [-0.4, -0.2) is 33.3 Å². The molecule has 1 unspecified atom stereocenters. The van der Waals surface area contributed by atoms with Crippen molar-refractivity contribution in [2.24, 2.45) is 5.92 Å². The molecule has 0 radical (unpaired) electrons. The average molecular weight is 248 g/mol. The van der Waals surface area contributed by atoms with E-state index in [4.69, 9.17) is 4.74 Å². The number of benzene rings is 1. The third-order valence-corrected chi connectivity index (χ3v) is 3.59. The molecule has 1 atom stereocenters. The number of anilines is 1. The van der Waals surface area contributed by atoms with Gasteiger partial charge >= 0.3 is 0 Å². The largest absolute Gasteiger partial charge is 0.492 e. The fourth-order valence-corrected chi connectivity index (χ4v) is 2.63. The summed E-state index contributed by atoms with van der Waals surface area (Å²) in [5, 5.41) is 3.24. The lowest BCUT2D eigenvalue weighted by atomic mass is 10.1. The summed E-state index contributed by atoms with van der Waals surface area (Å²) < 4.78 is 5.71. The van der Waals surface area contributed by atoms with Gasteiger partial charge in [0.2, 0.25) is 0 Å². The standard InChI is InChI=1S/C15H24N2O/c1-3-18-15-7-5-4-6-14(15)17-11-9-13(12-17)8-10-16-2/h4-7,13,16H,3,8-12H2,1-2H3. The summed E-state index contributed by atoms with van der Waals surface area (Å²) in [5.74, 6) is 1.83. The zero-order valence-electron chi connectivity index (χ0n) is 11.5. The van der Waals surface area contributed by atoms with Crippen LogP contribution in [0.1, 0.15) is 19.8 Å². The van der Waals surface area contributed by atoms with E-state index < -0.39 is 0 Å². The van der Waals surface area contributed by atoms with E-state index in [2.05, 4.69) is 28.4 Å². The molecule has 100 valence electrons. The number of hydrogen-bond acceptors (Lipinski definition) is 3. The van der Waals surface area contributed by atoms with Crippen LogP contribution in [0.2, 0.25) is 0 Å². The number of ether oxygens (including phenoxy) is 1. The predicted molar refractivity (Wildman–Crippen MR) is 76.5 cm³/mol. The van der Waals surface area contributed by atoms with Gasteiger partial charge in [-0.15, -0.1) is 0 Å². The van der Waals surface area contributed by atoms with Crippen LogP contribution in [0.5, 0.6) is 5.75 Å². The second-order valence-electron chi connectivity index (χ2n) is 4.89. The van der Waals surface area contributed by atoms with Gasteiger partial charge in [-0.1, -0.05) is 12.1 Å². The molecule has 1 fully saturated rings. The number of nitrogens with zero attached hydrogens (tertiary/aromatic N) is 1. The lowest BCUT2D eigenvalue weighted by Gasteiger charge is -2.21. The summed E-state index contributed by atoms with van der Waals surface area (Å²) in [6, 6.07) is 8.38. The van der Waals surface area contributed by atoms with Gasteiger partial charge in [-0.3, -0.25) is 0 Å². The highest BCUT2D eigenvalue weighted by molar-refractivity contribution is 5.59. The molecule has 1 aliphatic heterocycles. The quantitative estimate of drug-likeness (QED) is 0.837. The molecule has 0 aromatic heterocycles. The number of nitrogens with one attached hydrogen (secondary N) is 1. The van der Waals surface area contributed by atoms with Crippen LogP contribution in [0.25, 0.3) is 0 Å². The van der Waals surface area contributed by atoms with E-state index >= 15 is 0 Å². The Kier molecular flexibility index (Phi) is 4.88. The van der Waals surface area contributed by atoms with E-state index in [1.807, 2.05) is 20.0 Å². The minimum Gasteiger partial charge on any atom is -0.492 e. The maximum absolute atomic E-state index is 5.71. The summed E-state index contributed by atoms with van der Waals surface area (Å²) in [6.07, 6.45) is 2.56. The van der Waals surface area contributed by atoms with Crippen molar-refractivity contribution in [1.29, 1.82) is 0 Å². The van der Waals surface area contributed by atoms with Gasteiger partial charge in [0.1, 0.15) is 5.75 Å². The molecule has 1 N–H and O–H groups in total. The van der Waals surface area contributed by atoms with Crippen molar-refractivity contribution < 1.29 is 4.74 Å². The fraction of sp³-hybridized carbons (Fsp3) is 0.600. The molecule has 0 saturated carbocycles. The van der Waals surface area contributed by atoms with Crippen molar-refractivity contribution >= 4 is 5.69 Å². The van der Waals surface area contributed by atoms with E-state index in [-0.39, 0.29) is 0 Å². The number of hydrogen-bond donors (Lipinski definition) is 1. The molecule has 0 spiro atoms. The number of rotatable bonds is 6. The third-order valence-electron chi connectivity index (χ3n) is 3.59. The molecule has 1 heterocycles. The van der Waals surface area contributed by atoms with Crippen LogP contribution in [-0.2, 0) is 0 Å². The summed E-state index contributed by atoms with van der Waals surface area (Å²) >= 11 is 0. The van der Waals surface area contributed by atoms with Gasteiger partial charge in [-0.25, -0.2) is 0 Å². The average Bonchev–Trinajstić information content (AvgIpc) is 2.86. The second-order valence-corrected chi connectivity index (χ2v) is 4.89. The Balaban J connectivity index is 2.00. The Labute approximate surface area is 110 Å². The first kappa shape index (κ1) is 13.2. The first-order chi connectivity index (χ1) is 8.85. The normalized spacial score (nSPS) is 19.2. The van der Waals surface area contributed by atoms with Gasteiger partial charge in [0.25, 0.3) is 0 Å². The van der Waals surface area contributed by atoms with Gasteiger partial charge in [0.15, 0.2) is 0 Å². The molecule has 3 nitrogen and oxygen atoms in total. The lowest BCUT2D eigenvalue weighted by molar-refractivity contribution is 0.340. The van der Waals surface area contributed by atoms with E-state index in [0.717, 1.165) is 37.9 Å². The van der Waals surface area contributed by atoms with E-state index in [1.54, 1.807) is 0 Å². The Hall–Kier alpha value is -1.22. The molecule has 1 aromatic rings. The maximum Gasteiger partial charge on any atom is 0.142 e. The van der Waals surface area contributed by atoms with E-state index in [1.165, 1.54) is 18.5 Å². The molecule has 0 amide bonds. The second kappa shape index (κ2) is 6.64. The van der Waals surface area contributed by atoms with Crippen molar-refractivity contribution in [3.05, 3.63) is 24.3 Å². The Morgan fingerprint density at radius 2 is 2.22 bits per heavy atom. The molecule has 0 bridgehead atoms. The molecule has 2 rings (SSSR count). The van der Waals surface area contributed by atoms with Crippen molar-refractivity contribution in [3.63, 3.8) is 0 Å². The van der Waals surface area contributed by atoms with Crippen LogP contribution in [0.15, 0.2) is 24.3 Å². The molecular weight excluding hydrogens is 224 g/mol. The molecule has 1 aliphatic rings. The molecular formula is C15H24N2O. The van der Waals surface area contributed by atoms with Crippen LogP contribution < -0.4 is 15.0 Å². The maximum atomic E-state index is 5.71. The van der Waals surface area contributed by atoms with Gasteiger partial charge in [-0.05, 0) is 51.4 Å². The van der Waals surface area contributed by atoms with Crippen molar-refractivity contribution in [1.82, 2.24) is 5.32 Å². The summed E-state index contributed by atoms with van der Waals surface area (Å²) in [4.78, 5) is 2.46. The molecule has 1 saturated heterocycles. The molecule has 1 aromatic carbocycles. The van der Waals surface area contributed by atoms with Crippen molar-refractivity contribution in [2.45, 2.75) is 19.8 Å². The minimum atomic E-state index is 0.730. The smallest absolute Gasteiger partial charge is 0.142 e. The number of para-hydroxylation sites is 2. The third kappa shape index (κ3) is 3.16. The van der Waals surface area contributed by atoms with E-state index in [0.29, 0.717) is 0 Å². The molecule has 0 aliphatic carbocycles. The van der Waals surface area contributed by atoms with Gasteiger partial charge in [0, 0.05) is 13.1 Å². The SMILES string of the molecule is CCOc1ccccc1N1CCC(CCNC)C1. The van der Waals surface area contributed by atoms with Crippen LogP contribution in [0.4, 0.5) is 5.69 Å². The zero-order chi connectivity index (χ0) is 12.8. The Bertz CT molecular complexity index is 367. The molecule has 3 heteroatoms. The Morgan fingerprint density at radius 3 is 3.00 bits per heavy atom. The van der Waals surface area contributed by atoms with Crippen molar-refractivity contribution in [2.75, 3.05) is 38.2 Å². The monoisotopic (exact) mass is 248 g/mol. The van der Waals surface area contributed by atoms with Crippen LogP contribution in [0.3, 0.4) is 0 Å². The summed E-state index contributed by atoms with van der Waals surface area (Å²) in [6.45, 7) is 6.19. The highest BCUT2D eigenvalue weighted by atomic mass is 16.5. The van der Waals surface area contributed by atoms with E-state index in [9.17, 15) is 0 Å². The predicted octanol–water partition coefficient (Wildman–Crippen LogP) is 2.52.